The minimum atomic E-state index is 0.681. The van der Waals surface area contributed by atoms with Crippen LogP contribution in [-0.2, 0) is 13.1 Å². The number of aryl methyl sites for hydroxylation is 1. The summed E-state index contributed by atoms with van der Waals surface area (Å²) < 4.78 is 4.52. The molecule has 2 aliphatic carbocycles. The molecule has 0 atom stereocenters. The number of hydrogen-bond donors (Lipinski definition) is 0. The molecule has 0 spiro atoms. The topological polar surface area (TPSA) is 42.1 Å². The average molecular weight is 629 g/mol. The zero-order valence-electron chi connectivity index (χ0n) is 29.5. The molecule has 47 heavy (non-hydrogen) atoms. The lowest BCUT2D eigenvalue weighted by Gasteiger charge is -2.24. The summed E-state index contributed by atoms with van der Waals surface area (Å²) in [7, 11) is 6.18. The molecule has 6 nitrogen and oxygen atoms in total. The Morgan fingerprint density at radius 3 is 2.17 bits per heavy atom. The molecule has 0 unspecified atom stereocenters. The maximum Gasteiger partial charge on any atom is 0.0961 e. The number of nitrogens with zero attached hydrogens (tertiary/aromatic N) is 6. The second-order valence-corrected chi connectivity index (χ2v) is 13.0. The van der Waals surface area contributed by atoms with Gasteiger partial charge in [-0.3, -0.25) is 0 Å². The Morgan fingerprint density at radius 1 is 0.830 bits per heavy atom. The van der Waals surface area contributed by atoms with Crippen LogP contribution in [-0.4, -0.2) is 40.2 Å². The zero-order chi connectivity index (χ0) is 33.7. The number of para-hydroxylation sites is 1. The number of anilines is 2. The minimum Gasteiger partial charge on any atom is -0.376 e. The van der Waals surface area contributed by atoms with Crippen LogP contribution in [0.15, 0.2) is 92.7 Å². The molecule has 6 heteroatoms. The van der Waals surface area contributed by atoms with E-state index >= 15 is 0 Å². The predicted molar refractivity (Wildman–Crippen MR) is 201 cm³/mol. The van der Waals surface area contributed by atoms with Crippen molar-refractivity contribution in [1.82, 2.24) is 19.1 Å². The molecular weight excluding hydrogens is 576 g/mol. The first kappa shape index (κ1) is 33.8. The van der Waals surface area contributed by atoms with E-state index in [4.69, 9.17) is 0 Å². The highest BCUT2D eigenvalue weighted by atomic mass is 15.1. The van der Waals surface area contributed by atoms with Crippen LogP contribution in [0, 0.1) is 19.8 Å². The van der Waals surface area contributed by atoms with Crippen LogP contribution in [0.1, 0.15) is 79.1 Å². The summed E-state index contributed by atoms with van der Waals surface area (Å²) in [5, 5.41) is 0. The highest BCUT2D eigenvalue weighted by Gasteiger charge is 2.28. The van der Waals surface area contributed by atoms with E-state index < -0.39 is 0 Å². The first-order chi connectivity index (χ1) is 22.7. The number of rotatable bonds is 10. The Morgan fingerprint density at radius 2 is 1.51 bits per heavy atom. The van der Waals surface area contributed by atoms with Gasteiger partial charge in [0.1, 0.15) is 0 Å². The summed E-state index contributed by atoms with van der Waals surface area (Å²) in [6, 6.07) is 21.8. The van der Waals surface area contributed by atoms with Crippen LogP contribution in [0.5, 0.6) is 0 Å². The molecule has 0 saturated heterocycles. The summed E-state index contributed by atoms with van der Waals surface area (Å²) >= 11 is 0. The van der Waals surface area contributed by atoms with Crippen LogP contribution >= 0.6 is 0 Å². The first-order valence-electron chi connectivity index (χ1n) is 17.1. The van der Waals surface area contributed by atoms with E-state index in [9.17, 15) is 0 Å². The van der Waals surface area contributed by atoms with Crippen LogP contribution in [0.3, 0.4) is 0 Å². The van der Waals surface area contributed by atoms with Crippen molar-refractivity contribution in [3.63, 3.8) is 0 Å². The van der Waals surface area contributed by atoms with E-state index in [0.717, 1.165) is 30.0 Å². The third-order valence-electron chi connectivity index (χ3n) is 9.12. The van der Waals surface area contributed by atoms with Crippen molar-refractivity contribution in [3.8, 4) is 0 Å². The summed E-state index contributed by atoms with van der Waals surface area (Å²) in [4.78, 5) is 13.4. The van der Waals surface area contributed by atoms with E-state index in [1.807, 2.05) is 39.7 Å². The van der Waals surface area contributed by atoms with Gasteiger partial charge in [-0.15, -0.1) is 0 Å². The molecular formula is C41H52N6. The fourth-order valence-electron chi connectivity index (χ4n) is 6.17. The molecule has 2 saturated carbocycles. The van der Waals surface area contributed by atoms with Crippen molar-refractivity contribution in [1.29, 1.82) is 0 Å². The van der Waals surface area contributed by atoms with Gasteiger partial charge in [0.15, 0.2) is 0 Å². The van der Waals surface area contributed by atoms with E-state index in [-0.39, 0.29) is 0 Å². The summed E-state index contributed by atoms with van der Waals surface area (Å²) in [6.07, 6.45) is 10.9. The van der Waals surface area contributed by atoms with Crippen molar-refractivity contribution < 1.29 is 0 Å². The van der Waals surface area contributed by atoms with Gasteiger partial charge >= 0.3 is 0 Å². The molecule has 2 aromatic heterocycles. The van der Waals surface area contributed by atoms with E-state index in [2.05, 4.69) is 131 Å². The second-order valence-electron chi connectivity index (χ2n) is 13.0. The van der Waals surface area contributed by atoms with E-state index in [1.165, 1.54) is 70.4 Å². The molecule has 7 rings (SSSR count). The largest absolute Gasteiger partial charge is 0.376 e. The number of imidazole rings is 2. The number of aromatic nitrogens is 4. The molecule has 5 aromatic rings. The Balaban J connectivity index is 0.000000183. The van der Waals surface area contributed by atoms with Crippen molar-refractivity contribution in [2.24, 2.45) is 5.92 Å². The van der Waals surface area contributed by atoms with Gasteiger partial charge in [-0.25, -0.2) is 9.97 Å². The molecule has 2 fully saturated rings. The van der Waals surface area contributed by atoms with Gasteiger partial charge in [0.2, 0.25) is 0 Å². The summed E-state index contributed by atoms with van der Waals surface area (Å²) in [5.41, 5.74) is 13.7. The lowest BCUT2D eigenvalue weighted by Crippen LogP contribution is -2.16. The number of benzene rings is 3. The molecule has 2 heterocycles. The van der Waals surface area contributed by atoms with E-state index in [1.54, 1.807) is 0 Å². The third-order valence-corrected chi connectivity index (χ3v) is 9.12. The SMILES string of the molecule is C=C(c1ncn(Cc2cccc(C)c2)c1C)C1CC1.C=CN(C)c1cc(Cn2cnc3cccc(C4CC4)c32)ccc1N(C)C.CC. The monoisotopic (exact) mass is 628 g/mol. The summed E-state index contributed by atoms with van der Waals surface area (Å²) in [6.45, 7) is 18.1. The minimum absolute atomic E-state index is 0.681. The number of hydrogen-bond acceptors (Lipinski definition) is 4. The smallest absolute Gasteiger partial charge is 0.0961 e. The number of fused-ring (bicyclic) bond motifs is 1. The molecule has 0 N–H and O–H groups in total. The molecule has 0 bridgehead atoms. The fraction of sp³-hybridized carbons (Fsp3) is 0.366. The van der Waals surface area contributed by atoms with Crippen LogP contribution in [0.25, 0.3) is 16.6 Å². The predicted octanol–water partition coefficient (Wildman–Crippen LogP) is 9.61. The van der Waals surface area contributed by atoms with Crippen molar-refractivity contribution in [2.75, 3.05) is 30.9 Å². The summed E-state index contributed by atoms with van der Waals surface area (Å²) in [5.74, 6) is 1.40. The standard InChI is InChI=1S/C22H26N4.C17H20N2.C2H6/c1-5-25(4)21-13-16(9-12-20(21)24(2)3)14-26-15-23-19-8-6-7-18(22(19)26)17-10-11-17;1-12-5-4-6-15(9-12)10-19-11-18-17(14(19)3)13(2)16-7-8-16;1-2/h5-9,12-13,15,17H,1,10-11,14H2,2-4H3;4-6,9,11,16H,2,7-8,10H2,1,3H3;1-2H3. The number of allylic oxidation sites excluding steroid dienone is 1. The molecule has 0 amide bonds. The quantitative estimate of drug-likeness (QED) is 0.154. The average Bonchev–Trinajstić information content (AvgIpc) is 4.02. The zero-order valence-corrected chi connectivity index (χ0v) is 29.5. The van der Waals surface area contributed by atoms with E-state index in [0.29, 0.717) is 11.8 Å². The Bertz CT molecular complexity index is 1830. The van der Waals surface area contributed by atoms with Gasteiger partial charge in [0, 0.05) is 39.9 Å². The molecule has 246 valence electrons. The van der Waals surface area contributed by atoms with Gasteiger partial charge in [-0.2, -0.15) is 0 Å². The van der Waals surface area contributed by atoms with Gasteiger partial charge in [0.25, 0.3) is 0 Å². The van der Waals surface area contributed by atoms with Gasteiger partial charge in [0.05, 0.1) is 40.8 Å². The van der Waals surface area contributed by atoms with Gasteiger partial charge in [-0.1, -0.05) is 75.0 Å². The van der Waals surface area contributed by atoms with Gasteiger partial charge < -0.3 is 18.9 Å². The van der Waals surface area contributed by atoms with Crippen molar-refractivity contribution >= 4 is 28.0 Å². The fourth-order valence-corrected chi connectivity index (χ4v) is 6.17. The Hall–Kier alpha value is -4.58. The van der Waals surface area contributed by atoms with Crippen molar-refractivity contribution in [3.05, 3.63) is 126 Å². The molecule has 2 aliphatic rings. The maximum absolute atomic E-state index is 4.63. The van der Waals surface area contributed by atoms with Crippen LogP contribution < -0.4 is 9.80 Å². The highest BCUT2D eigenvalue weighted by Crippen LogP contribution is 2.43. The molecule has 3 aromatic carbocycles. The van der Waals surface area contributed by atoms with Gasteiger partial charge in [-0.05, 0) is 98.0 Å². The first-order valence-corrected chi connectivity index (χ1v) is 17.1. The lowest BCUT2D eigenvalue weighted by atomic mass is 10.1. The van der Waals surface area contributed by atoms with Crippen molar-refractivity contribution in [2.45, 2.75) is 72.4 Å². The Kier molecular flexibility index (Phi) is 10.7. The molecule has 0 aliphatic heterocycles. The van der Waals surface area contributed by atoms with Crippen LogP contribution in [0.4, 0.5) is 11.4 Å². The Labute approximate surface area is 282 Å². The van der Waals surface area contributed by atoms with Crippen LogP contribution in [0.2, 0.25) is 0 Å². The normalized spacial score (nSPS) is 13.7. The highest BCUT2D eigenvalue weighted by molar-refractivity contribution is 5.80. The second kappa shape index (κ2) is 14.9. The third kappa shape index (κ3) is 7.87. The molecule has 0 radical (unpaired) electrons. The lowest BCUT2D eigenvalue weighted by molar-refractivity contribution is 0.769. The maximum atomic E-state index is 4.63.